The van der Waals surface area contributed by atoms with E-state index in [1.807, 2.05) is 13.2 Å². The van der Waals surface area contributed by atoms with E-state index in [4.69, 9.17) is 4.74 Å². The van der Waals surface area contributed by atoms with Gasteiger partial charge in [-0.05, 0) is 25.2 Å². The van der Waals surface area contributed by atoms with Crippen molar-refractivity contribution in [1.29, 1.82) is 0 Å². The number of anilines is 1. The molecule has 1 saturated heterocycles. The summed E-state index contributed by atoms with van der Waals surface area (Å²) in [5, 5.41) is 7.32. The highest BCUT2D eigenvalue weighted by Crippen LogP contribution is 2.33. The first-order chi connectivity index (χ1) is 11.2. The van der Waals surface area contributed by atoms with Crippen molar-refractivity contribution in [2.24, 2.45) is 0 Å². The number of ether oxygens (including phenoxy) is 1. The Hall–Kier alpha value is -1.38. The maximum atomic E-state index is 12.4. The number of carbonyl (C=O) groups excluding carboxylic acids is 1. The Morgan fingerprint density at radius 1 is 1.52 bits per heavy atom. The first kappa shape index (κ1) is 16.5. The molecule has 6 nitrogen and oxygen atoms in total. The largest absolute Gasteiger partial charge is 0.379 e. The van der Waals surface area contributed by atoms with Gasteiger partial charge in [-0.25, -0.2) is 9.97 Å². The van der Waals surface area contributed by atoms with Gasteiger partial charge in [0.15, 0.2) is 0 Å². The molecule has 3 rings (SSSR count). The lowest BCUT2D eigenvalue weighted by atomic mass is 10.2. The first-order valence-corrected chi connectivity index (χ1v) is 9.77. The number of thiophene rings is 1. The van der Waals surface area contributed by atoms with Gasteiger partial charge in [0.2, 0.25) is 0 Å². The van der Waals surface area contributed by atoms with Crippen molar-refractivity contribution in [2.45, 2.75) is 19.4 Å². The number of amides is 1. The lowest BCUT2D eigenvalue weighted by Crippen LogP contribution is -2.25. The molecule has 0 bridgehead atoms. The average Bonchev–Trinajstić information content (AvgIpc) is 3.16. The molecule has 0 radical (unpaired) electrons. The van der Waals surface area contributed by atoms with E-state index in [2.05, 4.69) is 20.6 Å². The molecule has 2 aromatic heterocycles. The molecule has 0 aromatic carbocycles. The summed E-state index contributed by atoms with van der Waals surface area (Å²) in [4.78, 5) is 22.6. The Morgan fingerprint density at radius 3 is 3.13 bits per heavy atom. The van der Waals surface area contributed by atoms with Crippen LogP contribution in [0.3, 0.4) is 0 Å². The minimum absolute atomic E-state index is 0.0327. The van der Waals surface area contributed by atoms with E-state index in [9.17, 15) is 4.79 Å². The van der Waals surface area contributed by atoms with Crippen molar-refractivity contribution in [2.75, 3.05) is 37.1 Å². The predicted molar refractivity (Wildman–Crippen MR) is 95.7 cm³/mol. The van der Waals surface area contributed by atoms with Gasteiger partial charge in [-0.3, -0.25) is 4.79 Å². The zero-order valence-electron chi connectivity index (χ0n) is 13.2. The summed E-state index contributed by atoms with van der Waals surface area (Å²) >= 11 is 3.13. The molecule has 2 N–H and O–H groups in total. The van der Waals surface area contributed by atoms with Crippen LogP contribution in [0.15, 0.2) is 6.33 Å². The minimum Gasteiger partial charge on any atom is -0.379 e. The molecule has 23 heavy (non-hydrogen) atoms. The van der Waals surface area contributed by atoms with E-state index < -0.39 is 0 Å². The van der Waals surface area contributed by atoms with E-state index in [0.29, 0.717) is 18.0 Å². The molecule has 8 heteroatoms. The van der Waals surface area contributed by atoms with Crippen molar-refractivity contribution in [3.63, 3.8) is 0 Å². The predicted octanol–water partition coefficient (Wildman–Crippen LogP) is 2.29. The molecule has 0 saturated carbocycles. The van der Waals surface area contributed by atoms with Gasteiger partial charge in [0.1, 0.15) is 17.0 Å². The topological polar surface area (TPSA) is 76.1 Å². The third-order valence-electron chi connectivity index (χ3n) is 3.80. The second-order valence-corrected chi connectivity index (χ2v) is 7.40. The lowest BCUT2D eigenvalue weighted by Gasteiger charge is -2.12. The maximum Gasteiger partial charge on any atom is 0.261 e. The third-order valence-corrected chi connectivity index (χ3v) is 5.61. The Kier molecular flexibility index (Phi) is 5.34. The molecule has 0 aliphatic carbocycles. The number of hydrogen-bond donors (Lipinski definition) is 2. The number of aryl methyl sites for hydroxylation is 1. The quantitative estimate of drug-likeness (QED) is 0.777. The Labute approximate surface area is 143 Å². The van der Waals surface area contributed by atoms with Crippen molar-refractivity contribution >= 4 is 45.0 Å². The van der Waals surface area contributed by atoms with Crippen LogP contribution in [0.4, 0.5) is 5.82 Å². The summed E-state index contributed by atoms with van der Waals surface area (Å²) in [6.07, 6.45) is 4.54. The molecular weight excluding hydrogens is 332 g/mol. The van der Waals surface area contributed by atoms with Crippen molar-refractivity contribution in [3.05, 3.63) is 16.8 Å². The molecule has 1 amide bonds. The lowest BCUT2D eigenvalue weighted by molar-refractivity contribution is 0.0960. The number of rotatable bonds is 6. The summed E-state index contributed by atoms with van der Waals surface area (Å²) in [6, 6.07) is 0.270. The van der Waals surface area contributed by atoms with Gasteiger partial charge in [0.25, 0.3) is 5.91 Å². The zero-order valence-corrected chi connectivity index (χ0v) is 14.9. The number of hydrogen-bond acceptors (Lipinski definition) is 7. The van der Waals surface area contributed by atoms with Crippen LogP contribution in [-0.2, 0) is 4.74 Å². The van der Waals surface area contributed by atoms with E-state index in [1.165, 1.54) is 11.3 Å². The average molecular weight is 352 g/mol. The van der Waals surface area contributed by atoms with Crippen LogP contribution in [0, 0.1) is 6.92 Å². The minimum atomic E-state index is -0.0327. The molecule has 0 spiro atoms. The SMILES string of the molecule is CSCCNC(=O)c1sc2ncnc(NC3CCOC3)c2c1C. The smallest absolute Gasteiger partial charge is 0.261 e. The summed E-state index contributed by atoms with van der Waals surface area (Å²) in [6.45, 7) is 4.10. The molecule has 1 atom stereocenters. The van der Waals surface area contributed by atoms with Crippen LogP contribution >= 0.6 is 23.1 Å². The second-order valence-electron chi connectivity index (χ2n) is 5.41. The molecular formula is C15H20N4O2S2. The molecule has 1 aliphatic rings. The Morgan fingerprint density at radius 2 is 2.39 bits per heavy atom. The fourth-order valence-corrected chi connectivity index (χ4v) is 3.96. The highest BCUT2D eigenvalue weighted by Gasteiger charge is 2.22. The van der Waals surface area contributed by atoms with Gasteiger partial charge in [0.05, 0.1) is 22.9 Å². The Balaban J connectivity index is 1.87. The van der Waals surface area contributed by atoms with E-state index >= 15 is 0 Å². The van der Waals surface area contributed by atoms with Crippen LogP contribution in [0.25, 0.3) is 10.2 Å². The van der Waals surface area contributed by atoms with Crippen LogP contribution < -0.4 is 10.6 Å². The van der Waals surface area contributed by atoms with Crippen molar-refractivity contribution in [3.8, 4) is 0 Å². The van der Waals surface area contributed by atoms with Crippen molar-refractivity contribution < 1.29 is 9.53 Å². The number of fused-ring (bicyclic) bond motifs is 1. The third kappa shape index (κ3) is 3.59. The molecule has 1 unspecified atom stereocenters. The molecule has 2 aromatic rings. The van der Waals surface area contributed by atoms with Gasteiger partial charge < -0.3 is 15.4 Å². The van der Waals surface area contributed by atoms with E-state index in [1.54, 1.807) is 18.1 Å². The van der Waals surface area contributed by atoms with Gasteiger partial charge in [-0.1, -0.05) is 0 Å². The van der Waals surface area contributed by atoms with Crippen molar-refractivity contribution in [1.82, 2.24) is 15.3 Å². The van der Waals surface area contributed by atoms with E-state index in [0.717, 1.165) is 40.4 Å². The summed E-state index contributed by atoms with van der Waals surface area (Å²) in [5.74, 6) is 1.67. The summed E-state index contributed by atoms with van der Waals surface area (Å²) in [5.41, 5.74) is 0.939. The molecule has 1 fully saturated rings. The second kappa shape index (κ2) is 7.46. The maximum absolute atomic E-state index is 12.4. The zero-order chi connectivity index (χ0) is 16.2. The molecule has 124 valence electrons. The fourth-order valence-electron chi connectivity index (χ4n) is 2.59. The van der Waals surface area contributed by atoms with Crippen LogP contribution in [0.2, 0.25) is 0 Å². The fraction of sp³-hybridized carbons (Fsp3) is 0.533. The summed E-state index contributed by atoms with van der Waals surface area (Å²) < 4.78 is 5.40. The van der Waals surface area contributed by atoms with Gasteiger partial charge in [-0.15, -0.1) is 11.3 Å². The number of nitrogens with zero attached hydrogens (tertiary/aromatic N) is 2. The highest BCUT2D eigenvalue weighted by molar-refractivity contribution is 7.98. The number of thioether (sulfide) groups is 1. The van der Waals surface area contributed by atoms with Gasteiger partial charge >= 0.3 is 0 Å². The number of carbonyl (C=O) groups is 1. The van der Waals surface area contributed by atoms with Crippen LogP contribution in [0.5, 0.6) is 0 Å². The highest BCUT2D eigenvalue weighted by atomic mass is 32.2. The van der Waals surface area contributed by atoms with E-state index in [-0.39, 0.29) is 11.9 Å². The summed E-state index contributed by atoms with van der Waals surface area (Å²) in [7, 11) is 0. The molecule has 3 heterocycles. The number of nitrogens with one attached hydrogen (secondary N) is 2. The van der Waals surface area contributed by atoms with Gasteiger partial charge in [0, 0.05) is 18.9 Å². The normalized spacial score (nSPS) is 17.6. The first-order valence-electron chi connectivity index (χ1n) is 7.56. The Bertz CT molecular complexity index is 698. The van der Waals surface area contributed by atoms with Crippen LogP contribution in [0.1, 0.15) is 21.7 Å². The molecule has 1 aliphatic heterocycles. The van der Waals surface area contributed by atoms with Crippen LogP contribution in [-0.4, -0.2) is 53.7 Å². The monoisotopic (exact) mass is 352 g/mol. The standard InChI is InChI=1S/C15H20N4O2S2/c1-9-11-13(19-10-3-5-21-7-10)17-8-18-15(11)23-12(9)14(20)16-4-6-22-2/h8,10H,3-7H2,1-2H3,(H,16,20)(H,17,18,19). The number of aromatic nitrogens is 2. The van der Waals surface area contributed by atoms with Gasteiger partial charge in [-0.2, -0.15) is 11.8 Å².